The van der Waals surface area contributed by atoms with Crippen LogP contribution in [0, 0.1) is 0 Å². The molecule has 1 aliphatic rings. The van der Waals surface area contributed by atoms with Gasteiger partial charge >= 0.3 is 0 Å². The molecule has 274 valence electrons. The molecule has 0 aliphatic heterocycles. The molecule has 0 N–H and O–H groups in total. The molecule has 0 atom stereocenters. The minimum atomic E-state index is 0.655. The maximum atomic E-state index is 5.51. The lowest BCUT2D eigenvalue weighted by Crippen LogP contribution is -2.09. The molecule has 13 rings (SSSR count). The van der Waals surface area contributed by atoms with Crippen molar-refractivity contribution < 1.29 is 0 Å². The average molecular weight is 752 g/mol. The topological polar surface area (TPSA) is 38.9 Å². The van der Waals surface area contributed by atoms with E-state index >= 15 is 0 Å². The number of benzene rings is 9. The largest absolute Gasteiger partial charge is 0.311 e. The summed E-state index contributed by atoms with van der Waals surface area (Å²) in [7, 11) is 0. The second kappa shape index (κ2) is 12.2. The molecule has 5 nitrogen and oxygen atoms in total. The van der Waals surface area contributed by atoms with Gasteiger partial charge in [-0.15, -0.1) is 0 Å². The summed E-state index contributed by atoms with van der Waals surface area (Å²) in [6, 6.07) is 71.6. The maximum absolute atomic E-state index is 5.51. The zero-order chi connectivity index (χ0) is 38.6. The van der Waals surface area contributed by atoms with Crippen LogP contribution < -0.4 is 4.90 Å². The van der Waals surface area contributed by atoms with Crippen LogP contribution in [0.3, 0.4) is 0 Å². The predicted molar refractivity (Wildman–Crippen MR) is 245 cm³/mol. The molecule has 0 fully saturated rings. The summed E-state index contributed by atoms with van der Waals surface area (Å²) in [5, 5.41) is 8.58. The summed E-state index contributed by atoms with van der Waals surface area (Å²) >= 11 is 0. The molecule has 0 radical (unpaired) electrons. The molecule has 9 aromatic carbocycles. The first-order valence-corrected chi connectivity index (χ1v) is 20.1. The van der Waals surface area contributed by atoms with E-state index in [9.17, 15) is 0 Å². The SMILES string of the molecule is c1ccc(N(c2ccccc2)c2ccc(-c3nc(-n4c5cccc6c5c5c7c(ccc8c7c7c-6cccc7n8-c6ccccc6)ccc54)nc4ccccc34)cc2)cc1. The van der Waals surface area contributed by atoms with Gasteiger partial charge in [0.2, 0.25) is 5.95 Å². The van der Waals surface area contributed by atoms with Crippen LogP contribution in [0.1, 0.15) is 0 Å². The lowest BCUT2D eigenvalue weighted by Gasteiger charge is -2.25. The lowest BCUT2D eigenvalue weighted by atomic mass is 9.98. The van der Waals surface area contributed by atoms with Crippen molar-refractivity contribution in [1.29, 1.82) is 0 Å². The fourth-order valence-electron chi connectivity index (χ4n) is 9.79. The molecular formula is C54H33N5. The first kappa shape index (κ1) is 32.1. The average Bonchev–Trinajstić information content (AvgIpc) is 3.79. The van der Waals surface area contributed by atoms with Crippen molar-refractivity contribution in [3.63, 3.8) is 0 Å². The Morgan fingerprint density at radius 3 is 1.53 bits per heavy atom. The Balaban J connectivity index is 1.06. The molecule has 0 saturated carbocycles. The molecular weight excluding hydrogens is 719 g/mol. The van der Waals surface area contributed by atoms with Gasteiger partial charge in [-0.05, 0) is 95.4 Å². The van der Waals surface area contributed by atoms with E-state index in [-0.39, 0.29) is 0 Å². The number of aromatic nitrogens is 4. The Hall–Kier alpha value is -8.02. The standard InChI is InChI=1S/C54H33N5/c1-4-14-36(15-5-1)57(37-16-6-2-7-17-37)39-30-26-35(27-31-39)53-42-20-10-11-23-43(42)55-54(56-53)59-45-25-13-22-41-40-21-12-24-44-49(40)51-46(58(44)38-18-8-3-9-19-38)32-28-34-29-33-47(59)52(48(34)51)50(41)45/h1-33H. The van der Waals surface area contributed by atoms with Crippen molar-refractivity contribution in [3.05, 3.63) is 200 Å². The Labute approximate surface area is 339 Å². The van der Waals surface area contributed by atoms with E-state index in [1.54, 1.807) is 0 Å². The Bertz CT molecular complexity index is 3600. The van der Waals surface area contributed by atoms with E-state index in [0.29, 0.717) is 5.95 Å². The number of fused-ring (bicyclic) bond motifs is 2. The first-order valence-electron chi connectivity index (χ1n) is 20.1. The lowest BCUT2D eigenvalue weighted by molar-refractivity contribution is 1.01. The number of hydrogen-bond acceptors (Lipinski definition) is 3. The third-order valence-corrected chi connectivity index (χ3v) is 12.2. The van der Waals surface area contributed by atoms with Gasteiger partial charge in [0.25, 0.3) is 0 Å². The molecule has 59 heavy (non-hydrogen) atoms. The molecule has 0 unspecified atom stereocenters. The number of nitrogens with zero attached hydrogens (tertiary/aromatic N) is 5. The Kier molecular flexibility index (Phi) is 6.66. The van der Waals surface area contributed by atoms with E-state index < -0.39 is 0 Å². The van der Waals surface area contributed by atoms with Gasteiger partial charge in [0, 0.05) is 60.6 Å². The molecule has 0 spiro atoms. The molecule has 12 aromatic rings. The van der Waals surface area contributed by atoms with Crippen molar-refractivity contribution in [2.45, 2.75) is 0 Å². The quantitative estimate of drug-likeness (QED) is 0.170. The molecule has 0 bridgehead atoms. The van der Waals surface area contributed by atoms with Crippen LogP contribution in [0.5, 0.6) is 0 Å². The Morgan fingerprint density at radius 2 is 0.881 bits per heavy atom. The van der Waals surface area contributed by atoms with Crippen LogP contribution in [0.25, 0.3) is 99.3 Å². The minimum absolute atomic E-state index is 0.655. The highest BCUT2D eigenvalue weighted by molar-refractivity contribution is 6.38. The third-order valence-electron chi connectivity index (χ3n) is 12.2. The summed E-state index contributed by atoms with van der Waals surface area (Å²) in [4.78, 5) is 13.1. The van der Waals surface area contributed by atoms with Crippen LogP contribution in [0.2, 0.25) is 0 Å². The molecule has 0 amide bonds. The first-order chi connectivity index (χ1) is 29.3. The van der Waals surface area contributed by atoms with E-state index in [1.807, 2.05) is 0 Å². The van der Waals surface area contributed by atoms with Gasteiger partial charge in [-0.3, -0.25) is 4.57 Å². The maximum Gasteiger partial charge on any atom is 0.235 e. The van der Waals surface area contributed by atoms with Crippen LogP contribution >= 0.6 is 0 Å². The number of rotatable bonds is 6. The van der Waals surface area contributed by atoms with Gasteiger partial charge in [0.05, 0.1) is 33.3 Å². The Morgan fingerprint density at radius 1 is 0.356 bits per heavy atom. The van der Waals surface area contributed by atoms with Crippen LogP contribution in [0.4, 0.5) is 17.1 Å². The fraction of sp³-hybridized carbons (Fsp3) is 0. The van der Waals surface area contributed by atoms with Crippen molar-refractivity contribution in [1.82, 2.24) is 19.1 Å². The van der Waals surface area contributed by atoms with Crippen molar-refractivity contribution in [2.24, 2.45) is 0 Å². The van der Waals surface area contributed by atoms with Gasteiger partial charge in [-0.25, -0.2) is 9.97 Å². The normalized spacial score (nSPS) is 12.1. The zero-order valence-corrected chi connectivity index (χ0v) is 31.8. The number of anilines is 3. The summed E-state index contributed by atoms with van der Waals surface area (Å²) < 4.78 is 4.72. The summed E-state index contributed by atoms with van der Waals surface area (Å²) in [5.74, 6) is 0.655. The van der Waals surface area contributed by atoms with E-state index in [0.717, 1.165) is 55.9 Å². The zero-order valence-electron chi connectivity index (χ0n) is 31.8. The van der Waals surface area contributed by atoms with Gasteiger partial charge in [0.15, 0.2) is 0 Å². The van der Waals surface area contributed by atoms with E-state index in [4.69, 9.17) is 9.97 Å². The second-order valence-electron chi connectivity index (χ2n) is 15.4. The molecule has 0 saturated heterocycles. The van der Waals surface area contributed by atoms with Gasteiger partial charge in [-0.1, -0.05) is 121 Å². The van der Waals surface area contributed by atoms with Gasteiger partial charge in [0.1, 0.15) is 0 Å². The van der Waals surface area contributed by atoms with Crippen molar-refractivity contribution in [3.8, 4) is 34.0 Å². The minimum Gasteiger partial charge on any atom is -0.311 e. The highest BCUT2D eigenvalue weighted by atomic mass is 15.2. The third kappa shape index (κ3) is 4.55. The van der Waals surface area contributed by atoms with Gasteiger partial charge in [-0.2, -0.15) is 0 Å². The van der Waals surface area contributed by atoms with Crippen LogP contribution in [-0.2, 0) is 0 Å². The summed E-state index contributed by atoms with van der Waals surface area (Å²) in [6.45, 7) is 0. The van der Waals surface area contributed by atoms with E-state index in [1.165, 1.54) is 54.5 Å². The van der Waals surface area contributed by atoms with Crippen molar-refractivity contribution in [2.75, 3.05) is 4.90 Å². The predicted octanol–water partition coefficient (Wildman–Crippen LogP) is 14.1. The number of para-hydroxylation sites is 4. The molecule has 3 heterocycles. The second-order valence-corrected chi connectivity index (χ2v) is 15.4. The van der Waals surface area contributed by atoms with Crippen LogP contribution in [-0.4, -0.2) is 19.1 Å². The monoisotopic (exact) mass is 751 g/mol. The van der Waals surface area contributed by atoms with E-state index in [2.05, 4.69) is 214 Å². The summed E-state index contributed by atoms with van der Waals surface area (Å²) in [6.07, 6.45) is 0. The highest BCUT2D eigenvalue weighted by Crippen LogP contribution is 2.51. The fourth-order valence-corrected chi connectivity index (χ4v) is 9.79. The van der Waals surface area contributed by atoms with Crippen LogP contribution in [0.15, 0.2) is 200 Å². The van der Waals surface area contributed by atoms with Crippen molar-refractivity contribution >= 4 is 82.3 Å². The molecule has 5 heteroatoms. The number of hydrogen-bond donors (Lipinski definition) is 0. The smallest absolute Gasteiger partial charge is 0.235 e. The molecule has 1 aliphatic carbocycles. The molecule has 3 aromatic heterocycles. The summed E-state index contributed by atoms with van der Waals surface area (Å²) in [5.41, 5.74) is 14.4. The van der Waals surface area contributed by atoms with Gasteiger partial charge < -0.3 is 9.47 Å². The highest BCUT2D eigenvalue weighted by Gasteiger charge is 2.28.